The molecule has 0 aliphatic carbocycles. The number of rotatable bonds is 10. The van der Waals surface area contributed by atoms with Crippen molar-refractivity contribution in [1.29, 1.82) is 0 Å². The van der Waals surface area contributed by atoms with E-state index in [0.29, 0.717) is 28.7 Å². The van der Waals surface area contributed by atoms with Gasteiger partial charge in [0.25, 0.3) is 0 Å². The fraction of sp³-hybridized carbons (Fsp3) is 0.154. The van der Waals surface area contributed by atoms with Crippen LogP contribution in [0, 0.1) is 0 Å². The molecule has 0 bridgehead atoms. The highest BCUT2D eigenvalue weighted by Gasteiger charge is 2.19. The summed E-state index contributed by atoms with van der Waals surface area (Å²) in [6.07, 6.45) is 3.08. The van der Waals surface area contributed by atoms with E-state index in [4.69, 9.17) is 21.1 Å². The molecule has 0 aromatic heterocycles. The Hall–Kier alpha value is -3.77. The number of carbonyl (C=O) groups is 2. The Labute approximate surface area is 197 Å². The van der Waals surface area contributed by atoms with E-state index in [1.807, 2.05) is 42.5 Å². The maximum absolute atomic E-state index is 12.3. The number of amides is 1. The van der Waals surface area contributed by atoms with E-state index in [0.717, 1.165) is 11.1 Å². The van der Waals surface area contributed by atoms with Gasteiger partial charge in [-0.2, -0.15) is 0 Å². The van der Waals surface area contributed by atoms with Crippen molar-refractivity contribution in [2.75, 3.05) is 7.11 Å². The largest absolute Gasteiger partial charge is 0.493 e. The number of carboxylic acid groups (broad SMARTS) is 1. The van der Waals surface area contributed by atoms with Crippen molar-refractivity contribution in [3.05, 3.63) is 101 Å². The molecule has 170 valence electrons. The predicted octanol–water partition coefficient (Wildman–Crippen LogP) is 4.75. The van der Waals surface area contributed by atoms with Gasteiger partial charge in [0.1, 0.15) is 12.6 Å². The van der Waals surface area contributed by atoms with E-state index in [1.165, 1.54) is 13.2 Å². The summed E-state index contributed by atoms with van der Waals surface area (Å²) >= 11 is 5.90. The third kappa shape index (κ3) is 7.40. The van der Waals surface area contributed by atoms with Crippen molar-refractivity contribution in [3.8, 4) is 11.5 Å². The number of methoxy groups -OCH3 is 1. The Morgan fingerprint density at radius 1 is 1.00 bits per heavy atom. The molecule has 1 amide bonds. The van der Waals surface area contributed by atoms with Crippen molar-refractivity contribution in [1.82, 2.24) is 5.32 Å². The van der Waals surface area contributed by atoms with Gasteiger partial charge in [-0.3, -0.25) is 4.79 Å². The summed E-state index contributed by atoms with van der Waals surface area (Å²) in [6, 6.07) is 20.7. The zero-order chi connectivity index (χ0) is 23.6. The Balaban J connectivity index is 1.61. The van der Waals surface area contributed by atoms with Crippen LogP contribution in [0.25, 0.3) is 6.08 Å². The maximum atomic E-state index is 12.3. The van der Waals surface area contributed by atoms with E-state index >= 15 is 0 Å². The Morgan fingerprint density at radius 2 is 1.73 bits per heavy atom. The molecule has 0 saturated heterocycles. The van der Waals surface area contributed by atoms with Crippen molar-refractivity contribution in [2.45, 2.75) is 19.1 Å². The Bertz CT molecular complexity index is 1110. The molecule has 0 aliphatic rings. The minimum Gasteiger partial charge on any atom is -0.493 e. The Kier molecular flexibility index (Phi) is 8.49. The van der Waals surface area contributed by atoms with Gasteiger partial charge >= 0.3 is 5.97 Å². The van der Waals surface area contributed by atoms with Crippen LogP contribution in [0.1, 0.15) is 16.7 Å². The second kappa shape index (κ2) is 11.7. The summed E-state index contributed by atoms with van der Waals surface area (Å²) in [4.78, 5) is 23.8. The highest BCUT2D eigenvalue weighted by molar-refractivity contribution is 6.30. The molecule has 0 aliphatic heterocycles. The standard InChI is InChI=1S/C26H24ClNO5/c1-32-24-16-19(9-13-23(24)33-17-20-7-11-21(27)12-8-20)10-14-25(29)28-22(26(30)31)15-18-5-3-2-4-6-18/h2-14,16,22H,15,17H2,1H3,(H,28,29)(H,30,31)/b14-10+. The average molecular weight is 466 g/mol. The number of benzene rings is 3. The van der Waals surface area contributed by atoms with E-state index in [9.17, 15) is 14.7 Å². The summed E-state index contributed by atoms with van der Waals surface area (Å²) in [5.74, 6) is -0.522. The molecule has 3 aromatic carbocycles. The summed E-state index contributed by atoms with van der Waals surface area (Å²) in [5, 5.41) is 12.6. The van der Waals surface area contributed by atoms with Crippen molar-refractivity contribution in [2.24, 2.45) is 0 Å². The smallest absolute Gasteiger partial charge is 0.326 e. The molecule has 1 unspecified atom stereocenters. The summed E-state index contributed by atoms with van der Waals surface area (Å²) < 4.78 is 11.2. The second-order valence-corrected chi connectivity index (χ2v) is 7.68. The maximum Gasteiger partial charge on any atom is 0.326 e. The molecule has 7 heteroatoms. The molecule has 0 fully saturated rings. The molecule has 0 heterocycles. The molecule has 6 nitrogen and oxygen atoms in total. The van der Waals surface area contributed by atoms with E-state index in [-0.39, 0.29) is 6.42 Å². The number of halogens is 1. The van der Waals surface area contributed by atoms with Crippen molar-refractivity contribution >= 4 is 29.6 Å². The molecular formula is C26H24ClNO5. The molecule has 0 spiro atoms. The van der Waals surface area contributed by atoms with E-state index in [2.05, 4.69) is 5.32 Å². The van der Waals surface area contributed by atoms with Crippen LogP contribution in [-0.2, 0) is 22.6 Å². The van der Waals surface area contributed by atoms with Crippen molar-refractivity contribution < 1.29 is 24.2 Å². The second-order valence-electron chi connectivity index (χ2n) is 7.25. The number of carboxylic acids is 1. The normalized spacial score (nSPS) is 11.7. The monoisotopic (exact) mass is 465 g/mol. The predicted molar refractivity (Wildman–Crippen MR) is 128 cm³/mol. The zero-order valence-corrected chi connectivity index (χ0v) is 18.8. The van der Waals surface area contributed by atoms with Gasteiger partial charge in [0.15, 0.2) is 11.5 Å². The van der Waals surface area contributed by atoms with Gasteiger partial charge in [-0.15, -0.1) is 0 Å². The first-order valence-electron chi connectivity index (χ1n) is 10.2. The molecule has 2 N–H and O–H groups in total. The molecule has 0 saturated carbocycles. The third-order valence-corrected chi connectivity index (χ3v) is 5.07. The van der Waals surface area contributed by atoms with Gasteiger partial charge in [0.2, 0.25) is 5.91 Å². The third-order valence-electron chi connectivity index (χ3n) is 4.82. The lowest BCUT2D eigenvalue weighted by Gasteiger charge is -2.13. The van der Waals surface area contributed by atoms with Crippen LogP contribution in [0.15, 0.2) is 78.9 Å². The molecule has 33 heavy (non-hydrogen) atoms. The fourth-order valence-electron chi connectivity index (χ4n) is 3.09. The number of hydrogen-bond acceptors (Lipinski definition) is 4. The lowest BCUT2D eigenvalue weighted by atomic mass is 10.1. The lowest BCUT2D eigenvalue weighted by molar-refractivity contribution is -0.141. The van der Waals surface area contributed by atoms with Crippen LogP contribution in [0.3, 0.4) is 0 Å². The number of hydrogen-bond donors (Lipinski definition) is 2. The minimum absolute atomic E-state index is 0.198. The lowest BCUT2D eigenvalue weighted by Crippen LogP contribution is -2.41. The first-order chi connectivity index (χ1) is 15.9. The fourth-order valence-corrected chi connectivity index (χ4v) is 3.22. The number of ether oxygens (including phenoxy) is 2. The topological polar surface area (TPSA) is 84.9 Å². The molecule has 3 rings (SSSR count). The number of carbonyl (C=O) groups excluding carboxylic acids is 1. The van der Waals surface area contributed by atoms with E-state index < -0.39 is 17.9 Å². The summed E-state index contributed by atoms with van der Waals surface area (Å²) in [6.45, 7) is 0.350. The highest BCUT2D eigenvalue weighted by Crippen LogP contribution is 2.29. The number of nitrogens with one attached hydrogen (secondary N) is 1. The van der Waals surface area contributed by atoms with Gasteiger partial charge in [0, 0.05) is 17.5 Å². The minimum atomic E-state index is -1.09. The van der Waals surface area contributed by atoms with Gasteiger partial charge in [0.05, 0.1) is 7.11 Å². The van der Waals surface area contributed by atoms with E-state index in [1.54, 1.807) is 36.4 Å². The molecule has 0 radical (unpaired) electrons. The van der Waals surface area contributed by atoms with Gasteiger partial charge in [-0.1, -0.05) is 60.1 Å². The van der Waals surface area contributed by atoms with Gasteiger partial charge in [-0.25, -0.2) is 4.79 Å². The van der Waals surface area contributed by atoms with Crippen molar-refractivity contribution in [3.63, 3.8) is 0 Å². The van der Waals surface area contributed by atoms with Crippen LogP contribution in [0.5, 0.6) is 11.5 Å². The zero-order valence-electron chi connectivity index (χ0n) is 18.0. The quantitative estimate of drug-likeness (QED) is 0.422. The molecular weight excluding hydrogens is 442 g/mol. The first kappa shape index (κ1) is 23.9. The number of aliphatic carboxylic acids is 1. The summed E-state index contributed by atoms with van der Waals surface area (Å²) in [5.41, 5.74) is 2.49. The van der Waals surface area contributed by atoms with Crippen LogP contribution < -0.4 is 14.8 Å². The average Bonchev–Trinajstić information content (AvgIpc) is 2.82. The van der Waals surface area contributed by atoms with Gasteiger partial charge < -0.3 is 19.9 Å². The highest BCUT2D eigenvalue weighted by atomic mass is 35.5. The SMILES string of the molecule is COc1cc(/C=C/C(=O)NC(Cc2ccccc2)C(=O)O)ccc1OCc1ccc(Cl)cc1. The van der Waals surface area contributed by atoms with Gasteiger partial charge in [-0.05, 0) is 47.0 Å². The van der Waals surface area contributed by atoms with Crippen LogP contribution >= 0.6 is 11.6 Å². The van der Waals surface area contributed by atoms with Crippen LogP contribution in [0.4, 0.5) is 0 Å². The summed E-state index contributed by atoms with van der Waals surface area (Å²) in [7, 11) is 1.53. The van der Waals surface area contributed by atoms with Crippen LogP contribution in [0.2, 0.25) is 5.02 Å². The molecule has 3 aromatic rings. The Morgan fingerprint density at radius 3 is 2.39 bits per heavy atom. The van der Waals surface area contributed by atoms with Crippen LogP contribution in [-0.4, -0.2) is 30.1 Å². The molecule has 1 atom stereocenters. The first-order valence-corrected chi connectivity index (χ1v) is 10.6.